The quantitative estimate of drug-likeness (QED) is 0.671. The molecule has 0 radical (unpaired) electrons. The molecule has 0 atom stereocenters. The predicted molar refractivity (Wildman–Crippen MR) is 99.9 cm³/mol. The summed E-state index contributed by atoms with van der Waals surface area (Å²) in [6.45, 7) is 0. The fraction of sp³-hybridized carbons (Fsp3) is 0.0526. The molecule has 0 spiro atoms. The summed E-state index contributed by atoms with van der Waals surface area (Å²) < 4.78 is 18.7. The largest absolute Gasteiger partial charge is 0.495 e. The minimum absolute atomic E-state index is 0.0376. The highest BCUT2D eigenvalue weighted by Crippen LogP contribution is 2.28. The number of carbonyl (C=O) groups excluding carboxylic acids is 1. The second-order valence-corrected chi connectivity index (χ2v) is 5.75. The SMILES string of the molecule is COc1ccc(Nc2ccc(NC(=O)c3ccccc3F)nc2)cc1Cl. The number of anilines is 3. The van der Waals surface area contributed by atoms with Crippen LogP contribution in [0.3, 0.4) is 0 Å². The van der Waals surface area contributed by atoms with Gasteiger partial charge in [-0.15, -0.1) is 0 Å². The lowest BCUT2D eigenvalue weighted by Gasteiger charge is -2.10. The lowest BCUT2D eigenvalue weighted by molar-refractivity contribution is 0.102. The standard InChI is InChI=1S/C19H15ClFN3O2/c1-26-17-8-6-12(10-15(17)20)23-13-7-9-18(22-11-13)24-19(25)14-4-2-3-5-16(14)21/h2-11,23H,1H3,(H,22,24,25). The molecule has 0 aliphatic carbocycles. The molecule has 7 heteroatoms. The predicted octanol–water partition coefficient (Wildman–Crippen LogP) is 4.88. The molecule has 0 aliphatic rings. The Bertz CT molecular complexity index is 932. The molecule has 0 fully saturated rings. The van der Waals surface area contributed by atoms with Crippen LogP contribution in [0.25, 0.3) is 0 Å². The second-order valence-electron chi connectivity index (χ2n) is 5.34. The maximum Gasteiger partial charge on any atom is 0.259 e. The van der Waals surface area contributed by atoms with Crippen LogP contribution in [-0.4, -0.2) is 18.0 Å². The van der Waals surface area contributed by atoms with E-state index in [1.807, 2.05) is 6.07 Å². The van der Waals surface area contributed by atoms with Crippen LogP contribution in [0.2, 0.25) is 5.02 Å². The maximum atomic E-state index is 13.6. The number of hydrogen-bond donors (Lipinski definition) is 2. The Morgan fingerprint density at radius 1 is 1.12 bits per heavy atom. The van der Waals surface area contributed by atoms with E-state index in [4.69, 9.17) is 16.3 Å². The number of benzene rings is 2. The minimum atomic E-state index is -0.584. The van der Waals surface area contributed by atoms with Crippen LogP contribution in [0.1, 0.15) is 10.4 Å². The van der Waals surface area contributed by atoms with E-state index in [9.17, 15) is 9.18 Å². The van der Waals surface area contributed by atoms with Crippen molar-refractivity contribution in [2.75, 3.05) is 17.7 Å². The number of pyridine rings is 1. The van der Waals surface area contributed by atoms with E-state index >= 15 is 0 Å². The van der Waals surface area contributed by atoms with Crippen molar-refractivity contribution in [3.63, 3.8) is 0 Å². The first-order valence-corrected chi connectivity index (χ1v) is 8.07. The topological polar surface area (TPSA) is 63.2 Å². The first-order chi connectivity index (χ1) is 12.6. The Labute approximate surface area is 154 Å². The molecule has 1 amide bonds. The van der Waals surface area contributed by atoms with Gasteiger partial charge in [0.1, 0.15) is 17.4 Å². The highest BCUT2D eigenvalue weighted by atomic mass is 35.5. The zero-order chi connectivity index (χ0) is 18.5. The van der Waals surface area contributed by atoms with Crippen molar-refractivity contribution in [1.82, 2.24) is 4.98 Å². The molecule has 1 heterocycles. The fourth-order valence-electron chi connectivity index (χ4n) is 2.28. The van der Waals surface area contributed by atoms with Crippen LogP contribution in [0.5, 0.6) is 5.75 Å². The molecule has 5 nitrogen and oxygen atoms in total. The van der Waals surface area contributed by atoms with Gasteiger partial charge in [-0.3, -0.25) is 4.79 Å². The number of rotatable bonds is 5. The van der Waals surface area contributed by atoms with Crippen molar-refractivity contribution in [3.8, 4) is 5.75 Å². The summed E-state index contributed by atoms with van der Waals surface area (Å²) in [5.41, 5.74) is 1.43. The zero-order valence-electron chi connectivity index (χ0n) is 13.8. The van der Waals surface area contributed by atoms with Crippen molar-refractivity contribution in [2.24, 2.45) is 0 Å². The third-order valence-electron chi connectivity index (χ3n) is 3.56. The Morgan fingerprint density at radius 3 is 2.54 bits per heavy atom. The Kier molecular flexibility index (Phi) is 5.34. The normalized spacial score (nSPS) is 10.3. The maximum absolute atomic E-state index is 13.6. The van der Waals surface area contributed by atoms with Gasteiger partial charge < -0.3 is 15.4 Å². The molecule has 3 rings (SSSR count). The molecular formula is C19H15ClFN3O2. The van der Waals surface area contributed by atoms with Gasteiger partial charge in [0.2, 0.25) is 0 Å². The lowest BCUT2D eigenvalue weighted by atomic mass is 10.2. The number of hydrogen-bond acceptors (Lipinski definition) is 4. The van der Waals surface area contributed by atoms with E-state index in [1.54, 1.807) is 43.6 Å². The number of amides is 1. The van der Waals surface area contributed by atoms with Gasteiger partial charge in [-0.2, -0.15) is 0 Å². The van der Waals surface area contributed by atoms with E-state index in [1.165, 1.54) is 18.2 Å². The molecule has 0 aliphatic heterocycles. The molecule has 26 heavy (non-hydrogen) atoms. The molecule has 1 aromatic heterocycles. The highest BCUT2D eigenvalue weighted by Gasteiger charge is 2.11. The minimum Gasteiger partial charge on any atom is -0.495 e. The Balaban J connectivity index is 1.68. The van der Waals surface area contributed by atoms with Crippen molar-refractivity contribution in [2.45, 2.75) is 0 Å². The van der Waals surface area contributed by atoms with Crippen LogP contribution < -0.4 is 15.4 Å². The molecule has 2 N–H and O–H groups in total. The monoisotopic (exact) mass is 371 g/mol. The summed E-state index contributed by atoms with van der Waals surface area (Å²) in [6, 6.07) is 14.4. The van der Waals surface area contributed by atoms with Gasteiger partial charge in [-0.25, -0.2) is 9.37 Å². The average molecular weight is 372 g/mol. The highest BCUT2D eigenvalue weighted by molar-refractivity contribution is 6.32. The van der Waals surface area contributed by atoms with Crippen LogP contribution in [0, 0.1) is 5.82 Å². The number of ether oxygens (including phenoxy) is 1. The van der Waals surface area contributed by atoms with E-state index < -0.39 is 11.7 Å². The molecule has 0 saturated carbocycles. The van der Waals surface area contributed by atoms with Gasteiger partial charge >= 0.3 is 0 Å². The van der Waals surface area contributed by atoms with Crippen LogP contribution >= 0.6 is 11.6 Å². The number of aromatic nitrogens is 1. The number of methoxy groups -OCH3 is 1. The van der Waals surface area contributed by atoms with E-state index in [2.05, 4.69) is 15.6 Å². The summed E-state index contributed by atoms with van der Waals surface area (Å²) in [5.74, 6) is -0.240. The van der Waals surface area contributed by atoms with Crippen molar-refractivity contribution in [1.29, 1.82) is 0 Å². The first kappa shape index (κ1) is 17.7. The number of carbonyl (C=O) groups is 1. The van der Waals surface area contributed by atoms with Crippen molar-refractivity contribution < 1.29 is 13.9 Å². The van der Waals surface area contributed by atoms with Crippen LogP contribution in [0.4, 0.5) is 21.6 Å². The van der Waals surface area contributed by atoms with Crippen molar-refractivity contribution >= 4 is 34.7 Å². The van der Waals surface area contributed by atoms with Crippen molar-refractivity contribution in [3.05, 3.63) is 77.2 Å². The smallest absolute Gasteiger partial charge is 0.259 e. The molecule has 0 bridgehead atoms. The van der Waals surface area contributed by atoms with E-state index in [0.29, 0.717) is 22.3 Å². The number of nitrogens with one attached hydrogen (secondary N) is 2. The molecule has 3 aromatic rings. The van der Waals surface area contributed by atoms with Crippen LogP contribution in [-0.2, 0) is 0 Å². The van der Waals surface area contributed by atoms with Gasteiger partial charge in [-0.05, 0) is 42.5 Å². The van der Waals surface area contributed by atoms with E-state index in [-0.39, 0.29) is 5.56 Å². The Morgan fingerprint density at radius 2 is 1.88 bits per heavy atom. The summed E-state index contributed by atoms with van der Waals surface area (Å²) in [7, 11) is 1.55. The van der Waals surface area contributed by atoms with Crippen LogP contribution in [0.15, 0.2) is 60.8 Å². The molecule has 0 unspecified atom stereocenters. The summed E-state index contributed by atoms with van der Waals surface area (Å²) in [5, 5.41) is 6.19. The van der Waals surface area contributed by atoms with Gasteiger partial charge in [0.05, 0.1) is 29.6 Å². The van der Waals surface area contributed by atoms with E-state index in [0.717, 1.165) is 5.69 Å². The molecule has 132 valence electrons. The zero-order valence-corrected chi connectivity index (χ0v) is 14.5. The summed E-state index contributed by atoms with van der Waals surface area (Å²) >= 11 is 6.09. The lowest BCUT2D eigenvalue weighted by Crippen LogP contribution is -2.14. The summed E-state index contributed by atoms with van der Waals surface area (Å²) in [6.07, 6.45) is 1.55. The fourth-order valence-corrected chi connectivity index (χ4v) is 2.54. The molecule has 0 saturated heterocycles. The first-order valence-electron chi connectivity index (χ1n) is 7.69. The van der Waals surface area contributed by atoms with Gasteiger partial charge in [-0.1, -0.05) is 23.7 Å². The third kappa shape index (κ3) is 4.10. The summed E-state index contributed by atoms with van der Waals surface area (Å²) in [4.78, 5) is 16.2. The second kappa shape index (κ2) is 7.84. The van der Waals surface area contributed by atoms with Gasteiger partial charge in [0, 0.05) is 5.69 Å². The average Bonchev–Trinajstić information content (AvgIpc) is 2.64. The number of halogens is 2. The van der Waals surface area contributed by atoms with Gasteiger partial charge in [0.25, 0.3) is 5.91 Å². The number of nitrogens with zero attached hydrogens (tertiary/aromatic N) is 1. The molecule has 2 aromatic carbocycles. The molecular weight excluding hydrogens is 357 g/mol. The Hall–Kier alpha value is -3.12. The van der Waals surface area contributed by atoms with Gasteiger partial charge in [0.15, 0.2) is 0 Å². The third-order valence-corrected chi connectivity index (χ3v) is 3.86.